The second kappa shape index (κ2) is 7.12. The Kier molecular flexibility index (Phi) is 8.20. The third-order valence-electron chi connectivity index (χ3n) is 0.302. The molecule has 4 N–H and O–H groups in total. The quantitative estimate of drug-likeness (QED) is 0.344. The van der Waals surface area contributed by atoms with E-state index in [0.29, 0.717) is 0 Å². The molecule has 0 radical (unpaired) electrons. The largest absolute Gasteiger partial charge is 0.760 e. The Morgan fingerprint density at radius 1 is 1.36 bits per heavy atom. The normalized spacial score (nSPS) is 10.7. The first-order valence-corrected chi connectivity index (χ1v) is 3.27. The van der Waals surface area contributed by atoms with Crippen LogP contribution < -0.4 is 5.14 Å². The van der Waals surface area contributed by atoms with E-state index in [1.54, 1.807) is 0 Å². The number of carboxylic acid groups (broad SMARTS) is 2. The fraction of sp³-hybridized carbons (Fsp3) is 0.333. The van der Waals surface area contributed by atoms with Crippen molar-refractivity contribution in [3.8, 4) is 0 Å². The van der Waals surface area contributed by atoms with Crippen LogP contribution in [0.15, 0.2) is 0 Å². The highest BCUT2D eigenvalue weighted by molar-refractivity contribution is 7.76. The van der Waals surface area contributed by atoms with Crippen molar-refractivity contribution in [2.45, 2.75) is 6.42 Å². The zero-order chi connectivity index (χ0) is 9.44. The molecule has 66 valence electrons. The Hall–Kier alpha value is -0.990. The summed E-state index contributed by atoms with van der Waals surface area (Å²) >= 11 is -2.36. The van der Waals surface area contributed by atoms with Crippen molar-refractivity contribution in [2.24, 2.45) is 5.14 Å². The van der Waals surface area contributed by atoms with Gasteiger partial charge in [-0.2, -0.15) is 0 Å². The SMILES string of the molecule is NS(=O)[O-].O=C(O)CC(=O)O. The molecule has 8 heteroatoms. The average molecular weight is 184 g/mol. The highest BCUT2D eigenvalue weighted by atomic mass is 32.2. The standard InChI is InChI=1S/C3H4O4.H3NO2S/c4-2(5)1-3(6)7;1-4(2)3/h1H2,(H,4,5)(H,6,7);1H2,(H,2,3)/p-1. The molecule has 0 aliphatic heterocycles. The Balaban J connectivity index is 0. The molecule has 7 nitrogen and oxygen atoms in total. The Labute approximate surface area is 64.2 Å². The molecule has 0 aromatic carbocycles. The number of carbonyl (C=O) groups is 2. The topological polar surface area (TPSA) is 141 Å². The maximum Gasteiger partial charge on any atom is 0.314 e. The van der Waals surface area contributed by atoms with Gasteiger partial charge in [0, 0.05) is 11.3 Å². The molecule has 0 saturated carbocycles. The Morgan fingerprint density at radius 3 is 1.55 bits per heavy atom. The first-order chi connectivity index (χ1) is 4.86. The fourth-order valence-corrected chi connectivity index (χ4v) is 0.129. The number of hydrogen-bond donors (Lipinski definition) is 3. The minimum atomic E-state index is -2.36. The molecule has 0 aromatic rings. The summed E-state index contributed by atoms with van der Waals surface area (Å²) < 4.78 is 17.6. The van der Waals surface area contributed by atoms with Crippen LogP contribution in [0.3, 0.4) is 0 Å². The van der Waals surface area contributed by atoms with E-state index in [0.717, 1.165) is 0 Å². The lowest BCUT2D eigenvalue weighted by Crippen LogP contribution is -2.03. The van der Waals surface area contributed by atoms with E-state index >= 15 is 0 Å². The van der Waals surface area contributed by atoms with Gasteiger partial charge in [-0.05, 0) is 0 Å². The number of carboxylic acids is 2. The molecule has 11 heavy (non-hydrogen) atoms. The van der Waals surface area contributed by atoms with Crippen molar-refractivity contribution in [2.75, 3.05) is 0 Å². The molecule has 0 bridgehead atoms. The van der Waals surface area contributed by atoms with Crippen molar-refractivity contribution in [3.05, 3.63) is 0 Å². The van der Waals surface area contributed by atoms with Gasteiger partial charge in [-0.25, -0.2) is 0 Å². The molecule has 0 aromatic heterocycles. The van der Waals surface area contributed by atoms with Crippen LogP contribution in [0, 0.1) is 0 Å². The third-order valence-corrected chi connectivity index (χ3v) is 0.302. The zero-order valence-electron chi connectivity index (χ0n) is 5.22. The summed E-state index contributed by atoms with van der Waals surface area (Å²) in [6.07, 6.45) is -0.806. The molecule has 0 saturated heterocycles. The minimum absolute atomic E-state index is 0.806. The van der Waals surface area contributed by atoms with Gasteiger partial charge in [0.2, 0.25) is 0 Å². The summed E-state index contributed by atoms with van der Waals surface area (Å²) in [6.45, 7) is 0. The van der Waals surface area contributed by atoms with Crippen molar-refractivity contribution >= 4 is 23.2 Å². The highest BCUT2D eigenvalue weighted by Gasteiger charge is 2.01. The first-order valence-electron chi connectivity index (χ1n) is 2.13. The second-order valence-electron chi connectivity index (χ2n) is 1.22. The maximum absolute atomic E-state index is 9.43. The molecule has 0 aliphatic carbocycles. The monoisotopic (exact) mass is 184 g/mol. The number of rotatable bonds is 2. The van der Waals surface area contributed by atoms with Crippen molar-refractivity contribution < 1.29 is 28.6 Å². The van der Waals surface area contributed by atoms with Crippen LogP contribution in [0.4, 0.5) is 0 Å². The van der Waals surface area contributed by atoms with Crippen LogP contribution in [0.1, 0.15) is 6.42 Å². The van der Waals surface area contributed by atoms with Gasteiger partial charge in [-0.15, -0.1) is 0 Å². The van der Waals surface area contributed by atoms with E-state index in [2.05, 4.69) is 5.14 Å². The summed E-state index contributed by atoms with van der Waals surface area (Å²) in [5.41, 5.74) is 0. The van der Waals surface area contributed by atoms with Gasteiger partial charge in [-0.1, -0.05) is 0 Å². The predicted molar refractivity (Wildman–Crippen MR) is 33.0 cm³/mol. The number of nitrogens with two attached hydrogens (primary N) is 1. The van der Waals surface area contributed by atoms with E-state index in [9.17, 15) is 9.59 Å². The van der Waals surface area contributed by atoms with E-state index in [1.165, 1.54) is 0 Å². The average Bonchev–Trinajstić information content (AvgIpc) is 1.56. The van der Waals surface area contributed by atoms with Crippen molar-refractivity contribution in [1.82, 2.24) is 0 Å². The van der Waals surface area contributed by atoms with Crippen LogP contribution in [-0.2, 0) is 20.9 Å². The van der Waals surface area contributed by atoms with E-state index < -0.39 is 29.6 Å². The summed E-state index contributed by atoms with van der Waals surface area (Å²) in [5, 5.41) is 19.4. The van der Waals surface area contributed by atoms with Gasteiger partial charge in [0.15, 0.2) is 0 Å². The number of aliphatic carboxylic acids is 2. The van der Waals surface area contributed by atoms with Crippen LogP contribution in [0.25, 0.3) is 0 Å². The van der Waals surface area contributed by atoms with Crippen LogP contribution in [-0.4, -0.2) is 30.9 Å². The summed E-state index contributed by atoms with van der Waals surface area (Å²) in [7, 11) is 0. The van der Waals surface area contributed by atoms with Gasteiger partial charge in [0.05, 0.1) is 0 Å². The molecular weight excluding hydrogens is 178 g/mol. The molecule has 0 aliphatic rings. The number of hydrogen-bond acceptors (Lipinski definition) is 4. The van der Waals surface area contributed by atoms with E-state index in [4.69, 9.17) is 19.0 Å². The summed E-state index contributed by atoms with van der Waals surface area (Å²) in [6, 6.07) is 0. The highest BCUT2D eigenvalue weighted by Crippen LogP contribution is 1.74. The fourth-order valence-electron chi connectivity index (χ4n) is 0.129. The van der Waals surface area contributed by atoms with E-state index in [-0.39, 0.29) is 0 Å². The van der Waals surface area contributed by atoms with Crippen LogP contribution >= 0.6 is 0 Å². The van der Waals surface area contributed by atoms with Gasteiger partial charge < -0.3 is 14.8 Å². The molecule has 0 heterocycles. The lowest BCUT2D eigenvalue weighted by molar-refractivity contribution is -0.147. The Morgan fingerprint density at radius 2 is 1.55 bits per heavy atom. The first kappa shape index (κ1) is 12.7. The Bertz CT molecular complexity index is 151. The summed E-state index contributed by atoms with van der Waals surface area (Å²) in [4.78, 5) is 18.9. The van der Waals surface area contributed by atoms with E-state index in [1.807, 2.05) is 0 Å². The van der Waals surface area contributed by atoms with Gasteiger partial charge in [0.1, 0.15) is 6.42 Å². The molecule has 0 rings (SSSR count). The molecule has 0 spiro atoms. The van der Waals surface area contributed by atoms with Crippen LogP contribution in [0.5, 0.6) is 0 Å². The molecule has 1 unspecified atom stereocenters. The molecule has 0 amide bonds. The second-order valence-corrected chi connectivity index (χ2v) is 1.75. The minimum Gasteiger partial charge on any atom is -0.760 e. The smallest absolute Gasteiger partial charge is 0.314 e. The van der Waals surface area contributed by atoms with Gasteiger partial charge in [0.25, 0.3) is 0 Å². The lowest BCUT2D eigenvalue weighted by Gasteiger charge is -1.85. The van der Waals surface area contributed by atoms with Crippen molar-refractivity contribution in [1.29, 1.82) is 0 Å². The zero-order valence-corrected chi connectivity index (χ0v) is 6.04. The molecular formula is C3H6NO6S-. The summed E-state index contributed by atoms with van der Waals surface area (Å²) in [5.74, 6) is -2.62. The van der Waals surface area contributed by atoms with Gasteiger partial charge in [-0.3, -0.25) is 18.9 Å². The van der Waals surface area contributed by atoms with Crippen molar-refractivity contribution in [3.63, 3.8) is 0 Å². The third kappa shape index (κ3) is 48.9. The maximum atomic E-state index is 9.43. The lowest BCUT2D eigenvalue weighted by atomic mass is 10.5. The van der Waals surface area contributed by atoms with Gasteiger partial charge >= 0.3 is 11.9 Å². The molecule has 0 fully saturated rings. The molecule has 1 atom stereocenters. The predicted octanol–water partition coefficient (Wildman–Crippen LogP) is -1.72. The van der Waals surface area contributed by atoms with Crippen LogP contribution in [0.2, 0.25) is 0 Å².